The van der Waals surface area contributed by atoms with Gasteiger partial charge < -0.3 is 20.5 Å². The number of rotatable bonds is 10. The average molecular weight is 384 g/mol. The van der Waals surface area contributed by atoms with Crippen molar-refractivity contribution in [1.82, 2.24) is 5.32 Å². The standard InChI is InChI=1S/C21H24N2O5/c1-2-28-12-4-11-22-20(25)17-5-3-6-18(14-17)23-19(24)13-15-7-9-16(10-8-15)21(26)27/h3,5-10,14H,2,4,11-13H2,1H3,(H,22,25)(H,23,24)(H,26,27). The molecule has 0 fully saturated rings. The van der Waals surface area contributed by atoms with Crippen molar-refractivity contribution in [1.29, 1.82) is 0 Å². The molecule has 0 aliphatic carbocycles. The van der Waals surface area contributed by atoms with E-state index in [9.17, 15) is 14.4 Å². The fourth-order valence-corrected chi connectivity index (χ4v) is 2.52. The topological polar surface area (TPSA) is 105 Å². The number of hydrogen-bond acceptors (Lipinski definition) is 4. The molecule has 0 aliphatic rings. The highest BCUT2D eigenvalue weighted by atomic mass is 16.5. The molecule has 2 aromatic rings. The molecule has 2 rings (SSSR count). The van der Waals surface area contributed by atoms with Crippen LogP contribution in [0, 0.1) is 0 Å². The van der Waals surface area contributed by atoms with Gasteiger partial charge >= 0.3 is 5.97 Å². The second-order valence-electron chi connectivity index (χ2n) is 6.11. The summed E-state index contributed by atoms with van der Waals surface area (Å²) in [7, 11) is 0. The molecule has 3 N–H and O–H groups in total. The summed E-state index contributed by atoms with van der Waals surface area (Å²) in [6.07, 6.45) is 0.838. The van der Waals surface area contributed by atoms with Crippen LogP contribution in [0.5, 0.6) is 0 Å². The first-order valence-electron chi connectivity index (χ1n) is 9.07. The number of benzene rings is 2. The van der Waals surface area contributed by atoms with Crippen LogP contribution in [0.4, 0.5) is 5.69 Å². The second kappa shape index (κ2) is 10.8. The van der Waals surface area contributed by atoms with Crippen molar-refractivity contribution in [2.24, 2.45) is 0 Å². The van der Waals surface area contributed by atoms with Crippen LogP contribution in [-0.2, 0) is 16.0 Å². The molecule has 0 saturated heterocycles. The van der Waals surface area contributed by atoms with E-state index in [0.29, 0.717) is 36.6 Å². The van der Waals surface area contributed by atoms with Gasteiger partial charge in [-0.1, -0.05) is 18.2 Å². The number of hydrogen-bond donors (Lipinski definition) is 3. The molecule has 0 radical (unpaired) electrons. The minimum Gasteiger partial charge on any atom is -0.478 e. The second-order valence-corrected chi connectivity index (χ2v) is 6.11. The summed E-state index contributed by atoms with van der Waals surface area (Å²) in [6.45, 7) is 3.69. The maximum absolute atomic E-state index is 12.2. The summed E-state index contributed by atoms with van der Waals surface area (Å²) in [5.41, 5.74) is 1.85. The van der Waals surface area contributed by atoms with Crippen molar-refractivity contribution in [2.45, 2.75) is 19.8 Å². The summed E-state index contributed by atoms with van der Waals surface area (Å²) in [5, 5.41) is 14.5. The quantitative estimate of drug-likeness (QED) is 0.546. The van der Waals surface area contributed by atoms with E-state index in [4.69, 9.17) is 9.84 Å². The monoisotopic (exact) mass is 384 g/mol. The number of amides is 2. The molecule has 2 aromatic carbocycles. The zero-order valence-electron chi connectivity index (χ0n) is 15.7. The van der Waals surface area contributed by atoms with Crippen molar-refractivity contribution in [3.63, 3.8) is 0 Å². The van der Waals surface area contributed by atoms with Gasteiger partial charge in [-0.05, 0) is 49.2 Å². The van der Waals surface area contributed by atoms with Crippen LogP contribution in [0.1, 0.15) is 39.6 Å². The number of carbonyl (C=O) groups excluding carboxylic acids is 2. The van der Waals surface area contributed by atoms with Crippen LogP contribution in [0.25, 0.3) is 0 Å². The lowest BCUT2D eigenvalue weighted by Gasteiger charge is -2.09. The average Bonchev–Trinajstić information content (AvgIpc) is 2.68. The molecule has 2 amide bonds. The summed E-state index contributed by atoms with van der Waals surface area (Å²) < 4.78 is 5.22. The van der Waals surface area contributed by atoms with Crippen LogP contribution in [0.3, 0.4) is 0 Å². The predicted octanol–water partition coefficient (Wildman–Crippen LogP) is 2.72. The fourth-order valence-electron chi connectivity index (χ4n) is 2.52. The third-order valence-electron chi connectivity index (χ3n) is 3.93. The van der Waals surface area contributed by atoms with Gasteiger partial charge in [-0.3, -0.25) is 9.59 Å². The van der Waals surface area contributed by atoms with Gasteiger partial charge in [-0.25, -0.2) is 4.79 Å². The maximum atomic E-state index is 12.2. The summed E-state index contributed by atoms with van der Waals surface area (Å²) in [4.78, 5) is 35.2. The van der Waals surface area contributed by atoms with E-state index in [1.165, 1.54) is 12.1 Å². The van der Waals surface area contributed by atoms with Crippen molar-refractivity contribution in [3.05, 3.63) is 65.2 Å². The van der Waals surface area contributed by atoms with Gasteiger partial charge in [-0.15, -0.1) is 0 Å². The third kappa shape index (κ3) is 6.85. The van der Waals surface area contributed by atoms with Gasteiger partial charge in [0.1, 0.15) is 0 Å². The molecule has 0 unspecified atom stereocenters. The number of carbonyl (C=O) groups is 3. The first-order chi connectivity index (χ1) is 13.5. The Kier molecular flexibility index (Phi) is 8.17. The summed E-state index contributed by atoms with van der Waals surface area (Å²) in [6, 6.07) is 12.8. The Balaban J connectivity index is 1.88. The van der Waals surface area contributed by atoms with E-state index < -0.39 is 5.97 Å². The Bertz CT molecular complexity index is 818. The Morgan fingerprint density at radius 3 is 2.46 bits per heavy atom. The zero-order chi connectivity index (χ0) is 20.4. The lowest BCUT2D eigenvalue weighted by atomic mass is 10.1. The van der Waals surface area contributed by atoms with E-state index in [2.05, 4.69) is 10.6 Å². The highest BCUT2D eigenvalue weighted by Gasteiger charge is 2.09. The van der Waals surface area contributed by atoms with Crippen LogP contribution >= 0.6 is 0 Å². The zero-order valence-corrected chi connectivity index (χ0v) is 15.7. The van der Waals surface area contributed by atoms with Gasteiger partial charge in [0.05, 0.1) is 12.0 Å². The molecule has 0 bridgehead atoms. The smallest absolute Gasteiger partial charge is 0.335 e. The van der Waals surface area contributed by atoms with Gasteiger partial charge in [0.25, 0.3) is 5.91 Å². The van der Waals surface area contributed by atoms with Crippen LogP contribution in [-0.4, -0.2) is 42.6 Å². The maximum Gasteiger partial charge on any atom is 0.335 e. The number of anilines is 1. The van der Waals surface area contributed by atoms with E-state index in [1.807, 2.05) is 6.92 Å². The fraction of sp³-hybridized carbons (Fsp3) is 0.286. The Labute approximate surface area is 163 Å². The van der Waals surface area contributed by atoms with E-state index in [-0.39, 0.29) is 23.8 Å². The summed E-state index contributed by atoms with van der Waals surface area (Å²) >= 11 is 0. The molecular weight excluding hydrogens is 360 g/mol. The SMILES string of the molecule is CCOCCCNC(=O)c1cccc(NC(=O)Cc2ccc(C(=O)O)cc2)c1. The molecule has 0 aliphatic heterocycles. The molecular formula is C21H24N2O5. The van der Waals surface area contributed by atoms with Crippen molar-refractivity contribution >= 4 is 23.5 Å². The Morgan fingerprint density at radius 1 is 1.04 bits per heavy atom. The minimum absolute atomic E-state index is 0.105. The predicted molar refractivity (Wildman–Crippen MR) is 106 cm³/mol. The Hall–Kier alpha value is -3.19. The van der Waals surface area contributed by atoms with Gasteiger partial charge in [0.15, 0.2) is 0 Å². The summed E-state index contributed by atoms with van der Waals surface area (Å²) in [5.74, 6) is -1.47. The van der Waals surface area contributed by atoms with E-state index in [1.54, 1.807) is 36.4 Å². The minimum atomic E-state index is -1.01. The molecule has 148 valence electrons. The molecule has 0 spiro atoms. The normalized spacial score (nSPS) is 10.3. The van der Waals surface area contributed by atoms with Crippen molar-refractivity contribution in [3.8, 4) is 0 Å². The van der Waals surface area contributed by atoms with E-state index in [0.717, 1.165) is 6.42 Å². The van der Waals surface area contributed by atoms with Crippen molar-refractivity contribution < 1.29 is 24.2 Å². The molecule has 28 heavy (non-hydrogen) atoms. The lowest BCUT2D eigenvalue weighted by Crippen LogP contribution is -2.25. The van der Waals surface area contributed by atoms with Gasteiger partial charge in [0, 0.05) is 31.0 Å². The molecule has 0 atom stereocenters. The van der Waals surface area contributed by atoms with Gasteiger partial charge in [0.2, 0.25) is 5.91 Å². The number of ether oxygens (including phenoxy) is 1. The van der Waals surface area contributed by atoms with Gasteiger partial charge in [-0.2, -0.15) is 0 Å². The highest BCUT2D eigenvalue weighted by Crippen LogP contribution is 2.12. The van der Waals surface area contributed by atoms with Crippen LogP contribution in [0.15, 0.2) is 48.5 Å². The third-order valence-corrected chi connectivity index (χ3v) is 3.93. The van der Waals surface area contributed by atoms with Crippen LogP contribution < -0.4 is 10.6 Å². The first kappa shape index (κ1) is 21.1. The molecule has 0 aromatic heterocycles. The highest BCUT2D eigenvalue weighted by molar-refractivity contribution is 5.97. The van der Waals surface area contributed by atoms with E-state index >= 15 is 0 Å². The molecule has 7 heteroatoms. The number of nitrogens with one attached hydrogen (secondary N) is 2. The Morgan fingerprint density at radius 2 is 1.79 bits per heavy atom. The first-order valence-corrected chi connectivity index (χ1v) is 9.07. The number of carboxylic acids is 1. The molecule has 0 heterocycles. The molecule has 0 saturated carbocycles. The molecule has 7 nitrogen and oxygen atoms in total. The largest absolute Gasteiger partial charge is 0.478 e. The van der Waals surface area contributed by atoms with Crippen molar-refractivity contribution in [2.75, 3.05) is 25.1 Å². The number of aromatic carboxylic acids is 1. The number of carboxylic acid groups (broad SMARTS) is 1. The van der Waals surface area contributed by atoms with Crippen LogP contribution in [0.2, 0.25) is 0 Å². The lowest BCUT2D eigenvalue weighted by molar-refractivity contribution is -0.115.